The van der Waals surface area contributed by atoms with Crippen LogP contribution in [0, 0.1) is 11.3 Å². The quantitative estimate of drug-likeness (QED) is 0.838. The van der Waals surface area contributed by atoms with Gasteiger partial charge >= 0.3 is 0 Å². The second kappa shape index (κ2) is 6.52. The van der Waals surface area contributed by atoms with E-state index in [9.17, 15) is 0 Å². The average Bonchev–Trinajstić information content (AvgIpc) is 2.93. The fraction of sp³-hybridized carbons (Fsp3) is 0.357. The average molecular weight is 364 g/mol. The zero-order valence-corrected chi connectivity index (χ0v) is 13.8. The summed E-state index contributed by atoms with van der Waals surface area (Å²) in [5.41, 5.74) is 0.362. The van der Waals surface area contributed by atoms with Crippen LogP contribution in [0.5, 0.6) is 0 Å². The van der Waals surface area contributed by atoms with Crippen LogP contribution in [-0.4, -0.2) is 41.0 Å². The Morgan fingerprint density at radius 1 is 1.19 bits per heavy atom. The molecule has 1 aliphatic rings. The minimum atomic E-state index is 0.362. The Morgan fingerprint density at radius 3 is 2.57 bits per heavy atom. The van der Waals surface area contributed by atoms with Crippen molar-refractivity contribution in [3.8, 4) is 6.07 Å². The summed E-state index contributed by atoms with van der Waals surface area (Å²) in [5, 5.41) is 8.74. The van der Waals surface area contributed by atoms with Gasteiger partial charge in [-0.05, 0) is 28.1 Å². The maximum absolute atomic E-state index is 8.74. The summed E-state index contributed by atoms with van der Waals surface area (Å²) in [4.78, 5) is 14.4. The van der Waals surface area contributed by atoms with Crippen LogP contribution in [0.3, 0.4) is 0 Å². The maximum Gasteiger partial charge on any atom is 0.158 e. The summed E-state index contributed by atoms with van der Waals surface area (Å²) in [5.74, 6) is 0.854. The summed E-state index contributed by atoms with van der Waals surface area (Å²) in [6.45, 7) is 4.90. The van der Waals surface area contributed by atoms with Gasteiger partial charge in [-0.3, -0.25) is 4.90 Å². The van der Waals surface area contributed by atoms with Crippen LogP contribution in [0.1, 0.15) is 10.6 Å². The van der Waals surface area contributed by atoms with Gasteiger partial charge in [0.1, 0.15) is 11.9 Å². The number of rotatable bonds is 3. The Bertz CT molecular complexity index is 640. The Hall–Kier alpha value is -1.49. The molecule has 0 unspecified atom stereocenters. The molecule has 1 fully saturated rings. The van der Waals surface area contributed by atoms with Gasteiger partial charge in [-0.15, -0.1) is 11.3 Å². The van der Waals surface area contributed by atoms with Gasteiger partial charge in [0.05, 0.1) is 16.2 Å². The van der Waals surface area contributed by atoms with E-state index in [1.54, 1.807) is 17.5 Å². The monoisotopic (exact) mass is 363 g/mol. The third-order valence-electron chi connectivity index (χ3n) is 3.46. The van der Waals surface area contributed by atoms with Crippen LogP contribution in [-0.2, 0) is 6.54 Å². The van der Waals surface area contributed by atoms with E-state index in [4.69, 9.17) is 5.26 Å². The van der Waals surface area contributed by atoms with Gasteiger partial charge < -0.3 is 4.90 Å². The van der Waals surface area contributed by atoms with Crippen molar-refractivity contribution in [1.82, 2.24) is 14.9 Å². The second-order valence-corrected chi connectivity index (χ2v) is 7.39. The Balaban J connectivity index is 1.56. The molecule has 0 atom stereocenters. The smallest absolute Gasteiger partial charge is 0.158 e. The highest BCUT2D eigenvalue weighted by Crippen LogP contribution is 2.24. The van der Waals surface area contributed by atoms with Crippen molar-refractivity contribution in [1.29, 1.82) is 5.26 Å². The minimum absolute atomic E-state index is 0.362. The van der Waals surface area contributed by atoms with E-state index in [1.807, 2.05) is 6.07 Å². The first-order chi connectivity index (χ1) is 10.2. The predicted molar refractivity (Wildman–Crippen MR) is 86.3 cm³/mol. The number of hydrogen-bond acceptors (Lipinski definition) is 6. The molecule has 3 heterocycles. The number of hydrogen-bond donors (Lipinski definition) is 0. The molecule has 0 N–H and O–H groups in total. The number of aromatic nitrogens is 2. The van der Waals surface area contributed by atoms with Gasteiger partial charge in [0.15, 0.2) is 5.69 Å². The van der Waals surface area contributed by atoms with Crippen LogP contribution in [0.4, 0.5) is 5.82 Å². The Kier molecular flexibility index (Phi) is 4.48. The van der Waals surface area contributed by atoms with Crippen LogP contribution in [0.25, 0.3) is 0 Å². The molecule has 0 aliphatic carbocycles. The molecule has 0 spiro atoms. The topological polar surface area (TPSA) is 56.1 Å². The predicted octanol–water partition coefficient (Wildman–Crippen LogP) is 2.49. The lowest BCUT2D eigenvalue weighted by atomic mass is 10.3. The van der Waals surface area contributed by atoms with Crippen molar-refractivity contribution in [3.63, 3.8) is 0 Å². The molecule has 0 aromatic carbocycles. The molecule has 1 aliphatic heterocycles. The molecular weight excluding hydrogens is 350 g/mol. The maximum atomic E-state index is 8.74. The molecule has 21 heavy (non-hydrogen) atoms. The van der Waals surface area contributed by atoms with Gasteiger partial charge in [0.2, 0.25) is 0 Å². The Morgan fingerprint density at radius 2 is 2.00 bits per heavy atom. The summed E-state index contributed by atoms with van der Waals surface area (Å²) in [7, 11) is 0. The summed E-state index contributed by atoms with van der Waals surface area (Å²) >= 11 is 5.29. The third-order valence-corrected chi connectivity index (χ3v) is 5.07. The first kappa shape index (κ1) is 14.4. The molecule has 2 aromatic heterocycles. The minimum Gasteiger partial charge on any atom is -0.353 e. The van der Waals surface area contributed by atoms with Crippen molar-refractivity contribution >= 4 is 33.1 Å². The van der Waals surface area contributed by atoms with Crippen molar-refractivity contribution in [2.45, 2.75) is 6.54 Å². The van der Waals surface area contributed by atoms with Crippen molar-refractivity contribution in [3.05, 3.63) is 38.9 Å². The summed E-state index contributed by atoms with van der Waals surface area (Å²) in [6, 6.07) is 6.26. The molecule has 0 amide bonds. The highest BCUT2D eigenvalue weighted by Gasteiger charge is 2.18. The Labute approximate surface area is 136 Å². The van der Waals surface area contributed by atoms with E-state index in [2.05, 4.69) is 47.8 Å². The van der Waals surface area contributed by atoms with Gasteiger partial charge in [-0.25, -0.2) is 9.97 Å². The van der Waals surface area contributed by atoms with E-state index in [0.29, 0.717) is 5.69 Å². The van der Waals surface area contributed by atoms with E-state index < -0.39 is 0 Å². The van der Waals surface area contributed by atoms with Crippen LogP contribution in [0.15, 0.2) is 28.3 Å². The fourth-order valence-corrected chi connectivity index (χ4v) is 3.86. The number of halogens is 1. The molecule has 2 aromatic rings. The standard InChI is InChI=1S/C14H14BrN5S/c15-13-2-1-12(21-13)10-19-3-5-20(6-4-19)14-9-17-11(7-16)8-18-14/h1-2,8-9H,3-6,10H2. The molecule has 1 saturated heterocycles. The largest absolute Gasteiger partial charge is 0.353 e. The van der Waals surface area contributed by atoms with E-state index in [-0.39, 0.29) is 0 Å². The third kappa shape index (κ3) is 3.59. The zero-order chi connectivity index (χ0) is 14.7. The normalized spacial score (nSPS) is 15.9. The van der Waals surface area contributed by atoms with E-state index in [0.717, 1.165) is 38.5 Å². The van der Waals surface area contributed by atoms with Crippen molar-refractivity contribution in [2.75, 3.05) is 31.1 Å². The van der Waals surface area contributed by atoms with E-state index >= 15 is 0 Å². The van der Waals surface area contributed by atoms with Crippen molar-refractivity contribution < 1.29 is 0 Å². The molecule has 0 bridgehead atoms. The SMILES string of the molecule is N#Cc1cnc(N2CCN(Cc3ccc(Br)s3)CC2)cn1. The zero-order valence-electron chi connectivity index (χ0n) is 11.4. The number of thiophene rings is 1. The lowest BCUT2D eigenvalue weighted by Crippen LogP contribution is -2.46. The molecular formula is C14H14BrN5S. The molecule has 108 valence electrons. The molecule has 5 nitrogen and oxygen atoms in total. The van der Waals surface area contributed by atoms with Crippen LogP contribution < -0.4 is 4.90 Å². The van der Waals surface area contributed by atoms with Crippen LogP contribution in [0.2, 0.25) is 0 Å². The molecule has 0 radical (unpaired) electrons. The van der Waals surface area contributed by atoms with E-state index in [1.165, 1.54) is 14.9 Å². The fourth-order valence-electron chi connectivity index (χ4n) is 2.33. The highest BCUT2D eigenvalue weighted by molar-refractivity contribution is 9.11. The van der Waals surface area contributed by atoms with Crippen molar-refractivity contribution in [2.24, 2.45) is 0 Å². The summed E-state index contributed by atoms with van der Waals surface area (Å²) in [6.07, 6.45) is 3.22. The molecule has 0 saturated carbocycles. The highest BCUT2D eigenvalue weighted by atomic mass is 79.9. The molecule has 3 rings (SSSR count). The number of nitriles is 1. The molecule has 7 heteroatoms. The number of piperazine rings is 1. The lowest BCUT2D eigenvalue weighted by molar-refractivity contribution is 0.251. The van der Waals surface area contributed by atoms with Gasteiger partial charge in [-0.2, -0.15) is 5.26 Å². The summed E-state index contributed by atoms with van der Waals surface area (Å²) < 4.78 is 1.18. The first-order valence-corrected chi connectivity index (χ1v) is 8.29. The van der Waals surface area contributed by atoms with Gasteiger partial charge in [0.25, 0.3) is 0 Å². The van der Waals surface area contributed by atoms with Crippen LogP contribution >= 0.6 is 27.3 Å². The lowest BCUT2D eigenvalue weighted by Gasteiger charge is -2.34. The number of nitrogens with zero attached hydrogens (tertiary/aromatic N) is 5. The number of anilines is 1. The second-order valence-electron chi connectivity index (χ2n) is 4.84. The van der Waals surface area contributed by atoms with Gasteiger partial charge in [0, 0.05) is 37.6 Å². The van der Waals surface area contributed by atoms with Gasteiger partial charge in [-0.1, -0.05) is 0 Å². The first-order valence-electron chi connectivity index (χ1n) is 6.68.